The van der Waals surface area contributed by atoms with E-state index in [9.17, 15) is 0 Å². The van der Waals surface area contributed by atoms with E-state index in [1.165, 1.54) is 0 Å². The summed E-state index contributed by atoms with van der Waals surface area (Å²) in [4.78, 5) is 0. The Morgan fingerprint density at radius 2 is 0.240 bits per heavy atom. The topological polar surface area (TPSA) is 121 Å². The number of hydrogen-bond acceptors (Lipinski definition) is 6. The first-order valence-corrected chi connectivity index (χ1v) is 1.90. The molecule has 2 radical (unpaired) electrons. The molecule has 0 aromatic rings. The van der Waals surface area contributed by atoms with E-state index in [4.69, 9.17) is 30.6 Å². The zero-order chi connectivity index (χ0) is 8.12. The van der Waals surface area contributed by atoms with Gasteiger partial charge in [-0.25, -0.2) is 0 Å². The van der Waals surface area contributed by atoms with Gasteiger partial charge in [0.25, 0.3) is 0 Å². The van der Waals surface area contributed by atoms with Crippen LogP contribution >= 0.6 is 0 Å². The zero-order valence-electron chi connectivity index (χ0n) is 5.96. The Balaban J connectivity index is -0.000000000963. The Kier molecular flexibility index (Phi) is 7520. The SMILES string of the molecule is C.C.C.C.C.C.C.C.C.C.C.C.C.C.OCO.OCO.OCO.[Y].[Y]. The molecule has 0 aromatic heterocycles. The summed E-state index contributed by atoms with van der Waals surface area (Å²) in [5, 5.41) is 42.8. The van der Waals surface area contributed by atoms with Gasteiger partial charge < -0.3 is 30.6 Å². The summed E-state index contributed by atoms with van der Waals surface area (Å²) in [6, 6.07) is 0. The summed E-state index contributed by atoms with van der Waals surface area (Å²) in [7, 11) is 0. The molecule has 0 saturated carbocycles. The fraction of sp³-hybridized carbons (Fsp3) is 1.00. The average molecular weight is 547 g/mol. The molecule has 0 amide bonds. The molecule has 6 nitrogen and oxygen atoms in total. The van der Waals surface area contributed by atoms with E-state index in [-0.39, 0.29) is 169 Å². The third-order valence-corrected chi connectivity index (χ3v) is 0. The van der Waals surface area contributed by atoms with Gasteiger partial charge in [-0.05, 0) is 0 Å². The Morgan fingerprint density at radius 1 is 0.240 bits per heavy atom. The van der Waals surface area contributed by atoms with Crippen molar-refractivity contribution in [1.82, 2.24) is 0 Å². The second kappa shape index (κ2) is 656. The summed E-state index contributed by atoms with van der Waals surface area (Å²) in [5.41, 5.74) is 0. The first kappa shape index (κ1) is 286. The van der Waals surface area contributed by atoms with Gasteiger partial charge in [0, 0.05) is 65.4 Å². The van der Waals surface area contributed by atoms with Gasteiger partial charge >= 0.3 is 0 Å². The molecule has 0 unspecified atom stereocenters. The monoisotopic (exact) mass is 546 g/mol. The van der Waals surface area contributed by atoms with E-state index in [0.717, 1.165) is 0 Å². The van der Waals surface area contributed by atoms with Crippen LogP contribution < -0.4 is 0 Å². The molecule has 0 fully saturated rings. The average Bonchev–Trinajstić information content (AvgIpc) is 1.70. The van der Waals surface area contributed by atoms with Crippen LogP contribution in [0.3, 0.4) is 0 Å². The van der Waals surface area contributed by atoms with Crippen molar-refractivity contribution < 1.29 is 96.1 Å². The fourth-order valence-corrected chi connectivity index (χ4v) is 0. The third-order valence-electron chi connectivity index (χ3n) is 0. The van der Waals surface area contributed by atoms with Crippen molar-refractivity contribution in [2.24, 2.45) is 0 Å². The smallest absolute Gasteiger partial charge is 0.140 e. The quantitative estimate of drug-likeness (QED) is 0.217. The van der Waals surface area contributed by atoms with E-state index in [2.05, 4.69) is 0 Å². The molecule has 0 saturated heterocycles. The summed E-state index contributed by atoms with van der Waals surface area (Å²) in [6.07, 6.45) is 0. The van der Waals surface area contributed by atoms with Gasteiger partial charge in [0.1, 0.15) is 20.4 Å². The molecule has 0 aliphatic heterocycles. The first-order valence-electron chi connectivity index (χ1n) is 1.90. The van der Waals surface area contributed by atoms with E-state index < -0.39 is 20.4 Å². The summed E-state index contributed by atoms with van der Waals surface area (Å²) >= 11 is 0. The van der Waals surface area contributed by atoms with Crippen molar-refractivity contribution in [3.05, 3.63) is 0 Å². The molecule has 0 rings (SSSR count). The van der Waals surface area contributed by atoms with Crippen LogP contribution in [0.2, 0.25) is 0 Å². The van der Waals surface area contributed by atoms with Crippen molar-refractivity contribution in [1.29, 1.82) is 0 Å². The van der Waals surface area contributed by atoms with Crippen LogP contribution in [0.5, 0.6) is 0 Å². The van der Waals surface area contributed by atoms with Gasteiger partial charge in [-0.15, -0.1) is 0 Å². The second-order valence-corrected chi connectivity index (χ2v) is 0.424. The van der Waals surface area contributed by atoms with E-state index in [1.54, 1.807) is 0 Å². The minimum absolute atomic E-state index is 0. The molecule has 0 aliphatic rings. The Labute approximate surface area is 218 Å². The minimum Gasteiger partial charge on any atom is -0.371 e. The molecule has 6 N–H and O–H groups in total. The van der Waals surface area contributed by atoms with Crippen LogP contribution in [0.1, 0.15) is 104 Å². The summed E-state index contributed by atoms with van der Waals surface area (Å²) in [5.74, 6) is 0. The van der Waals surface area contributed by atoms with Gasteiger partial charge in [0.2, 0.25) is 0 Å². The Bertz CT molecular complexity index is 33.9. The van der Waals surface area contributed by atoms with Crippen LogP contribution in [0.15, 0.2) is 0 Å². The minimum atomic E-state index is -0.750. The number of aliphatic hydroxyl groups excluding tert-OH is 3. The molecule has 0 bridgehead atoms. The Morgan fingerprint density at radius 3 is 0.240 bits per heavy atom. The maximum Gasteiger partial charge on any atom is 0.140 e. The summed E-state index contributed by atoms with van der Waals surface area (Å²) in [6.45, 7) is -2.25. The number of rotatable bonds is 0. The van der Waals surface area contributed by atoms with Crippen LogP contribution in [-0.4, -0.2) is 51.0 Å². The van der Waals surface area contributed by atoms with E-state index in [1.807, 2.05) is 0 Å². The van der Waals surface area contributed by atoms with Gasteiger partial charge in [-0.1, -0.05) is 104 Å². The van der Waals surface area contributed by atoms with Gasteiger partial charge in [-0.2, -0.15) is 0 Å². The van der Waals surface area contributed by atoms with Crippen LogP contribution in [0.25, 0.3) is 0 Å². The van der Waals surface area contributed by atoms with E-state index >= 15 is 0 Å². The van der Waals surface area contributed by atoms with Crippen molar-refractivity contribution in [2.75, 3.05) is 20.4 Å². The fourth-order valence-electron chi connectivity index (χ4n) is 0. The zero-order valence-corrected chi connectivity index (χ0v) is 11.6. The predicted molar refractivity (Wildman–Crippen MR) is 122 cm³/mol. The van der Waals surface area contributed by atoms with Crippen molar-refractivity contribution in [2.45, 2.75) is 104 Å². The maximum absolute atomic E-state index is 7.12. The van der Waals surface area contributed by atoms with Gasteiger partial charge in [0.15, 0.2) is 0 Å². The molecule has 0 aliphatic carbocycles. The largest absolute Gasteiger partial charge is 0.371 e. The number of aliphatic hydroxyl groups is 6. The third kappa shape index (κ3) is 3850. The standard InChI is InChI=1S/3CH4O2.14CH4.2Y/c3*2-1-3;;;;;;;;;;;;;;;;/h3*2-3H,1H2;14*1H4;;. The van der Waals surface area contributed by atoms with E-state index in [0.29, 0.717) is 0 Å². The predicted octanol–water partition coefficient (Wildman–Crippen LogP) is 5.69. The van der Waals surface area contributed by atoms with Crippen LogP contribution in [0, 0.1) is 0 Å². The second-order valence-electron chi connectivity index (χ2n) is 0.424. The summed E-state index contributed by atoms with van der Waals surface area (Å²) < 4.78 is 0. The Hall–Kier alpha value is 1.97. The van der Waals surface area contributed by atoms with Crippen molar-refractivity contribution in [3.8, 4) is 0 Å². The molecular weight excluding hydrogens is 478 g/mol. The molecule has 8 heteroatoms. The first-order chi connectivity index (χ1) is 4.24. The van der Waals surface area contributed by atoms with Gasteiger partial charge in [-0.3, -0.25) is 0 Å². The molecule has 0 heterocycles. The van der Waals surface area contributed by atoms with Crippen LogP contribution in [-0.2, 0) is 65.4 Å². The molecular formula is C17H68O6Y2. The number of hydrogen-bond donors (Lipinski definition) is 6. The molecule has 25 heavy (non-hydrogen) atoms. The molecule has 178 valence electrons. The molecule has 0 aromatic carbocycles. The van der Waals surface area contributed by atoms with Crippen molar-refractivity contribution in [3.63, 3.8) is 0 Å². The molecule has 0 spiro atoms. The maximum atomic E-state index is 7.12. The normalized spacial score (nSPS) is 2.16. The van der Waals surface area contributed by atoms with Gasteiger partial charge in [0.05, 0.1) is 0 Å². The molecule has 0 atom stereocenters. The van der Waals surface area contributed by atoms with Crippen molar-refractivity contribution >= 4 is 0 Å². The van der Waals surface area contributed by atoms with Crippen LogP contribution in [0.4, 0.5) is 0 Å².